The molecule has 1 aliphatic heterocycles. The maximum atomic E-state index is 10.9. The predicted octanol–water partition coefficient (Wildman–Crippen LogP) is 1.41. The second-order valence-electron chi connectivity index (χ2n) is 3.95. The number of rotatable bonds is 3. The fraction of sp³-hybridized carbons (Fsp3) is 0.333. The molecule has 4 heteroatoms. The molecule has 0 spiro atoms. The summed E-state index contributed by atoms with van der Waals surface area (Å²) in [5, 5.41) is 8.91. The molecule has 1 aromatic carbocycles. The minimum Gasteiger partial charge on any atom is -0.481 e. The Morgan fingerprint density at radius 2 is 2.19 bits per heavy atom. The monoisotopic (exact) mass is 219 g/mol. The Balaban J connectivity index is 2.20. The van der Waals surface area contributed by atoms with Gasteiger partial charge in [0.2, 0.25) is 0 Å². The van der Waals surface area contributed by atoms with Crippen LogP contribution in [0.1, 0.15) is 16.8 Å². The minimum absolute atomic E-state index is 0.320. The Hall–Kier alpha value is -1.84. The van der Waals surface area contributed by atoms with Gasteiger partial charge in [-0.25, -0.2) is 0 Å². The molecule has 1 heterocycles. The Kier molecular flexibility index (Phi) is 2.90. The summed E-state index contributed by atoms with van der Waals surface area (Å²) in [6.07, 6.45) is 1.45. The fourth-order valence-corrected chi connectivity index (χ4v) is 2.06. The molecule has 1 aliphatic rings. The van der Waals surface area contributed by atoms with Crippen molar-refractivity contribution < 1.29 is 14.7 Å². The van der Waals surface area contributed by atoms with Gasteiger partial charge in [0.1, 0.15) is 0 Å². The fourth-order valence-electron chi connectivity index (χ4n) is 2.06. The third-order valence-corrected chi connectivity index (χ3v) is 2.94. The van der Waals surface area contributed by atoms with Crippen molar-refractivity contribution in [1.82, 2.24) is 0 Å². The molecule has 0 bridgehead atoms. The lowest BCUT2D eigenvalue weighted by atomic mass is 10.1. The van der Waals surface area contributed by atoms with Gasteiger partial charge in [0.15, 0.2) is 6.29 Å². The first-order chi connectivity index (χ1) is 7.72. The molecule has 84 valence electrons. The number of aldehydes is 1. The van der Waals surface area contributed by atoms with Crippen LogP contribution in [0.5, 0.6) is 0 Å². The molecule has 2 rings (SSSR count). The van der Waals surface area contributed by atoms with Gasteiger partial charge in [0.05, 0.1) is 5.92 Å². The normalized spacial score (nSPS) is 19.8. The van der Waals surface area contributed by atoms with Gasteiger partial charge in [-0.3, -0.25) is 9.59 Å². The summed E-state index contributed by atoms with van der Waals surface area (Å²) in [7, 11) is 0. The van der Waals surface area contributed by atoms with Crippen LogP contribution in [0.25, 0.3) is 0 Å². The van der Waals surface area contributed by atoms with E-state index in [0.29, 0.717) is 25.1 Å². The average Bonchev–Trinajstić information content (AvgIpc) is 2.78. The number of carboxylic acid groups (broad SMARTS) is 1. The Morgan fingerprint density at radius 3 is 2.81 bits per heavy atom. The summed E-state index contributed by atoms with van der Waals surface area (Å²) in [5.74, 6) is -1.08. The van der Waals surface area contributed by atoms with E-state index in [1.807, 2.05) is 17.0 Å². The summed E-state index contributed by atoms with van der Waals surface area (Å²) in [6.45, 7) is 1.18. The molecule has 16 heavy (non-hydrogen) atoms. The number of carboxylic acids is 1. The topological polar surface area (TPSA) is 57.6 Å². The first-order valence-corrected chi connectivity index (χ1v) is 5.24. The van der Waals surface area contributed by atoms with Crippen molar-refractivity contribution in [1.29, 1.82) is 0 Å². The first kappa shape index (κ1) is 10.7. The van der Waals surface area contributed by atoms with E-state index in [1.54, 1.807) is 12.1 Å². The minimum atomic E-state index is -0.758. The maximum absolute atomic E-state index is 10.9. The number of para-hydroxylation sites is 1. The predicted molar refractivity (Wildman–Crippen MR) is 59.8 cm³/mol. The van der Waals surface area contributed by atoms with Crippen LogP contribution in [0.3, 0.4) is 0 Å². The van der Waals surface area contributed by atoms with Crippen molar-refractivity contribution >= 4 is 17.9 Å². The number of aliphatic carboxylic acids is 1. The van der Waals surface area contributed by atoms with Gasteiger partial charge in [-0.2, -0.15) is 0 Å². The van der Waals surface area contributed by atoms with Gasteiger partial charge >= 0.3 is 5.97 Å². The van der Waals surface area contributed by atoms with E-state index in [1.165, 1.54) is 0 Å². The number of hydrogen-bond donors (Lipinski definition) is 1. The van der Waals surface area contributed by atoms with Crippen LogP contribution in [0, 0.1) is 5.92 Å². The van der Waals surface area contributed by atoms with Gasteiger partial charge in [-0.15, -0.1) is 0 Å². The third kappa shape index (κ3) is 1.91. The summed E-state index contributed by atoms with van der Waals surface area (Å²) in [6, 6.07) is 7.26. The molecule has 4 nitrogen and oxygen atoms in total. The lowest BCUT2D eigenvalue weighted by Crippen LogP contribution is -2.23. The highest BCUT2D eigenvalue weighted by Crippen LogP contribution is 2.26. The molecule has 0 radical (unpaired) electrons. The molecule has 1 atom stereocenters. The van der Waals surface area contributed by atoms with Gasteiger partial charge in [-0.05, 0) is 18.6 Å². The van der Waals surface area contributed by atoms with E-state index in [9.17, 15) is 9.59 Å². The molecular formula is C12H13NO3. The number of carbonyl (C=O) groups excluding carboxylic acids is 1. The van der Waals surface area contributed by atoms with Crippen LogP contribution in [0.15, 0.2) is 24.3 Å². The van der Waals surface area contributed by atoms with Crippen molar-refractivity contribution in [2.24, 2.45) is 5.92 Å². The lowest BCUT2D eigenvalue weighted by Gasteiger charge is -2.19. The molecule has 0 aromatic heterocycles. The Morgan fingerprint density at radius 1 is 1.44 bits per heavy atom. The van der Waals surface area contributed by atoms with E-state index in [2.05, 4.69) is 0 Å². The van der Waals surface area contributed by atoms with Gasteiger partial charge in [0, 0.05) is 24.3 Å². The number of nitrogens with zero attached hydrogens (tertiary/aromatic N) is 1. The first-order valence-electron chi connectivity index (χ1n) is 5.24. The zero-order valence-electron chi connectivity index (χ0n) is 8.80. The molecule has 1 N–H and O–H groups in total. The number of hydrogen-bond acceptors (Lipinski definition) is 3. The highest BCUT2D eigenvalue weighted by Gasteiger charge is 2.28. The number of carbonyl (C=O) groups is 2. The average molecular weight is 219 g/mol. The highest BCUT2D eigenvalue weighted by atomic mass is 16.4. The van der Waals surface area contributed by atoms with Crippen molar-refractivity contribution in [3.05, 3.63) is 29.8 Å². The summed E-state index contributed by atoms with van der Waals surface area (Å²) in [4.78, 5) is 23.7. The molecule has 1 fully saturated rings. The van der Waals surface area contributed by atoms with Crippen LogP contribution < -0.4 is 4.90 Å². The third-order valence-electron chi connectivity index (χ3n) is 2.94. The van der Waals surface area contributed by atoms with Crippen LogP contribution in [0.2, 0.25) is 0 Å². The van der Waals surface area contributed by atoms with Crippen molar-refractivity contribution in [2.45, 2.75) is 6.42 Å². The molecule has 0 aliphatic carbocycles. The largest absolute Gasteiger partial charge is 0.481 e. The summed E-state index contributed by atoms with van der Waals surface area (Å²) >= 11 is 0. The Bertz CT molecular complexity index is 416. The lowest BCUT2D eigenvalue weighted by molar-refractivity contribution is -0.140. The van der Waals surface area contributed by atoms with Gasteiger partial charge in [-0.1, -0.05) is 12.1 Å². The zero-order chi connectivity index (χ0) is 11.5. The molecule has 1 saturated heterocycles. The van der Waals surface area contributed by atoms with E-state index >= 15 is 0 Å². The van der Waals surface area contributed by atoms with E-state index in [-0.39, 0.29) is 5.92 Å². The SMILES string of the molecule is O=Cc1ccccc1N1CCC(C(=O)O)C1. The zero-order valence-corrected chi connectivity index (χ0v) is 8.80. The van der Waals surface area contributed by atoms with Crippen LogP contribution >= 0.6 is 0 Å². The molecule has 0 amide bonds. The summed E-state index contributed by atoms with van der Waals surface area (Å²) in [5.41, 5.74) is 1.45. The van der Waals surface area contributed by atoms with Crippen LogP contribution in [-0.4, -0.2) is 30.5 Å². The summed E-state index contributed by atoms with van der Waals surface area (Å²) < 4.78 is 0. The Labute approximate surface area is 93.5 Å². The highest BCUT2D eigenvalue weighted by molar-refractivity contribution is 5.85. The molecule has 1 aromatic rings. The molecular weight excluding hydrogens is 206 g/mol. The standard InChI is InChI=1S/C12H13NO3/c14-8-10-3-1-2-4-11(10)13-6-5-9(7-13)12(15)16/h1-4,8-9H,5-7H2,(H,15,16). The smallest absolute Gasteiger partial charge is 0.308 e. The number of anilines is 1. The van der Waals surface area contributed by atoms with Crippen molar-refractivity contribution in [3.63, 3.8) is 0 Å². The van der Waals surface area contributed by atoms with Crippen LogP contribution in [-0.2, 0) is 4.79 Å². The quantitative estimate of drug-likeness (QED) is 0.781. The van der Waals surface area contributed by atoms with Crippen molar-refractivity contribution in [2.75, 3.05) is 18.0 Å². The van der Waals surface area contributed by atoms with Gasteiger partial charge < -0.3 is 10.0 Å². The molecule has 1 unspecified atom stereocenters. The maximum Gasteiger partial charge on any atom is 0.308 e. The van der Waals surface area contributed by atoms with E-state index < -0.39 is 5.97 Å². The molecule has 0 saturated carbocycles. The van der Waals surface area contributed by atoms with Crippen LogP contribution in [0.4, 0.5) is 5.69 Å². The number of benzene rings is 1. The second kappa shape index (κ2) is 4.35. The van der Waals surface area contributed by atoms with E-state index in [4.69, 9.17) is 5.11 Å². The van der Waals surface area contributed by atoms with E-state index in [0.717, 1.165) is 12.0 Å². The van der Waals surface area contributed by atoms with Crippen molar-refractivity contribution in [3.8, 4) is 0 Å². The second-order valence-corrected chi connectivity index (χ2v) is 3.95. The van der Waals surface area contributed by atoms with Gasteiger partial charge in [0.25, 0.3) is 0 Å².